The number of hydrogen-bond acceptors (Lipinski definition) is 5. The van der Waals surface area contributed by atoms with E-state index in [-0.39, 0.29) is 23.4 Å². The van der Waals surface area contributed by atoms with Gasteiger partial charge < -0.3 is 5.32 Å². The second kappa shape index (κ2) is 7.47. The van der Waals surface area contributed by atoms with E-state index in [1.807, 2.05) is 5.32 Å². The first-order chi connectivity index (χ1) is 12.8. The van der Waals surface area contributed by atoms with Crippen LogP contribution in [0.25, 0.3) is 4.96 Å². The summed E-state index contributed by atoms with van der Waals surface area (Å²) in [6.45, 7) is 1.68. The van der Waals surface area contributed by atoms with Crippen LogP contribution in [-0.2, 0) is 12.8 Å². The molecule has 142 valence electrons. The standard InChI is InChI=1S/C17H15F3N4O2S/c1-2-11-13(15(26)24-7-8-27-16(24)22-11)14(25)23-12(17(18,19)20)9-10-5-3-4-6-21-10/h3-8,12H,2,9H2,1H3,(H,23,25). The largest absolute Gasteiger partial charge is 0.409 e. The maximum Gasteiger partial charge on any atom is 0.409 e. The molecule has 27 heavy (non-hydrogen) atoms. The van der Waals surface area contributed by atoms with E-state index in [0.29, 0.717) is 4.96 Å². The highest BCUT2D eigenvalue weighted by atomic mass is 32.1. The van der Waals surface area contributed by atoms with Gasteiger partial charge in [0.15, 0.2) is 4.96 Å². The molecule has 1 amide bonds. The summed E-state index contributed by atoms with van der Waals surface area (Å²) in [6, 6.07) is 2.41. The molecule has 6 nitrogen and oxygen atoms in total. The molecule has 3 aromatic heterocycles. The van der Waals surface area contributed by atoms with Gasteiger partial charge in [0, 0.05) is 29.9 Å². The summed E-state index contributed by atoms with van der Waals surface area (Å²) in [5, 5.41) is 3.56. The van der Waals surface area contributed by atoms with E-state index >= 15 is 0 Å². The second-order valence-corrected chi connectivity index (χ2v) is 6.61. The molecule has 0 aromatic carbocycles. The molecular formula is C17H15F3N4O2S. The van der Waals surface area contributed by atoms with Gasteiger partial charge in [0.2, 0.25) is 0 Å². The van der Waals surface area contributed by atoms with Crippen molar-refractivity contribution in [1.82, 2.24) is 19.7 Å². The van der Waals surface area contributed by atoms with Crippen molar-refractivity contribution in [2.75, 3.05) is 0 Å². The Morgan fingerprint density at radius 1 is 1.37 bits per heavy atom. The van der Waals surface area contributed by atoms with Crippen molar-refractivity contribution in [2.45, 2.75) is 32.0 Å². The molecule has 0 bridgehead atoms. The van der Waals surface area contributed by atoms with Gasteiger partial charge in [-0.15, -0.1) is 11.3 Å². The molecule has 3 aromatic rings. The molecule has 3 rings (SSSR count). The first-order valence-electron chi connectivity index (χ1n) is 8.07. The van der Waals surface area contributed by atoms with Gasteiger partial charge in [-0.3, -0.25) is 19.0 Å². The zero-order valence-corrected chi connectivity index (χ0v) is 15.0. The number of alkyl halides is 3. The number of fused-ring (bicyclic) bond motifs is 1. The Kier molecular flexibility index (Phi) is 5.26. The highest BCUT2D eigenvalue weighted by Crippen LogP contribution is 2.23. The molecule has 0 saturated carbocycles. The van der Waals surface area contributed by atoms with Crippen molar-refractivity contribution in [1.29, 1.82) is 0 Å². The average molecular weight is 396 g/mol. The van der Waals surface area contributed by atoms with Gasteiger partial charge in [0.05, 0.1) is 5.69 Å². The second-order valence-electron chi connectivity index (χ2n) is 5.74. The third-order valence-corrected chi connectivity index (χ3v) is 4.70. The first kappa shape index (κ1) is 19.0. The zero-order valence-electron chi connectivity index (χ0n) is 14.2. The number of nitrogens with zero attached hydrogens (tertiary/aromatic N) is 3. The van der Waals surface area contributed by atoms with Crippen LogP contribution in [0.15, 0.2) is 40.8 Å². The Morgan fingerprint density at radius 2 is 2.15 bits per heavy atom. The van der Waals surface area contributed by atoms with Crippen LogP contribution in [-0.4, -0.2) is 32.5 Å². The molecule has 0 aliphatic carbocycles. The quantitative estimate of drug-likeness (QED) is 0.719. The zero-order chi connectivity index (χ0) is 19.6. The van der Waals surface area contributed by atoms with E-state index in [0.717, 1.165) is 4.40 Å². The molecule has 0 fully saturated rings. The number of aryl methyl sites for hydroxylation is 1. The number of aromatic nitrogens is 3. The number of thiazole rings is 1. The summed E-state index contributed by atoms with van der Waals surface area (Å²) in [4.78, 5) is 33.6. The molecule has 0 spiro atoms. The van der Waals surface area contributed by atoms with Crippen LogP contribution in [0.5, 0.6) is 0 Å². The van der Waals surface area contributed by atoms with E-state index in [9.17, 15) is 22.8 Å². The molecule has 0 saturated heterocycles. The molecule has 0 radical (unpaired) electrons. The van der Waals surface area contributed by atoms with E-state index in [1.165, 1.54) is 29.8 Å². The Morgan fingerprint density at radius 3 is 2.78 bits per heavy atom. The third-order valence-electron chi connectivity index (χ3n) is 3.94. The smallest absolute Gasteiger partial charge is 0.340 e. The highest BCUT2D eigenvalue weighted by Gasteiger charge is 2.41. The number of carbonyl (C=O) groups is 1. The molecule has 3 heterocycles. The normalized spacial score (nSPS) is 12.9. The van der Waals surface area contributed by atoms with Gasteiger partial charge in [-0.05, 0) is 18.6 Å². The topological polar surface area (TPSA) is 76.4 Å². The fourth-order valence-corrected chi connectivity index (χ4v) is 3.34. The fourth-order valence-electron chi connectivity index (χ4n) is 2.61. The van der Waals surface area contributed by atoms with Crippen molar-refractivity contribution < 1.29 is 18.0 Å². The maximum absolute atomic E-state index is 13.4. The Hall–Kier alpha value is -2.75. The number of pyridine rings is 1. The van der Waals surface area contributed by atoms with Gasteiger partial charge in [-0.25, -0.2) is 4.98 Å². The predicted octanol–water partition coefficient (Wildman–Crippen LogP) is 2.62. The minimum absolute atomic E-state index is 0.165. The lowest BCUT2D eigenvalue weighted by Crippen LogP contribution is -2.48. The Bertz CT molecular complexity index is 1010. The van der Waals surface area contributed by atoms with Crippen LogP contribution < -0.4 is 10.9 Å². The van der Waals surface area contributed by atoms with E-state index in [2.05, 4.69) is 9.97 Å². The monoisotopic (exact) mass is 396 g/mol. The molecule has 0 aliphatic rings. The van der Waals surface area contributed by atoms with Crippen LogP contribution in [0.1, 0.15) is 28.7 Å². The molecule has 10 heteroatoms. The minimum Gasteiger partial charge on any atom is -0.340 e. The van der Waals surface area contributed by atoms with Crippen molar-refractivity contribution in [2.24, 2.45) is 0 Å². The molecule has 1 atom stereocenters. The summed E-state index contributed by atoms with van der Waals surface area (Å²) >= 11 is 1.20. The first-order valence-corrected chi connectivity index (χ1v) is 8.95. The lowest BCUT2D eigenvalue weighted by molar-refractivity contribution is -0.153. The number of halogens is 3. The molecular weight excluding hydrogens is 381 g/mol. The highest BCUT2D eigenvalue weighted by molar-refractivity contribution is 7.15. The van der Waals surface area contributed by atoms with Crippen molar-refractivity contribution in [3.63, 3.8) is 0 Å². The summed E-state index contributed by atoms with van der Waals surface area (Å²) in [7, 11) is 0. The number of hydrogen-bond donors (Lipinski definition) is 1. The lowest BCUT2D eigenvalue weighted by atomic mass is 10.1. The summed E-state index contributed by atoms with van der Waals surface area (Å²) in [5.41, 5.74) is -0.712. The molecule has 1 N–H and O–H groups in total. The van der Waals surface area contributed by atoms with Crippen LogP contribution in [0.3, 0.4) is 0 Å². The number of carbonyl (C=O) groups excluding carboxylic acids is 1. The van der Waals surface area contributed by atoms with Crippen LogP contribution in [0.2, 0.25) is 0 Å². The van der Waals surface area contributed by atoms with Gasteiger partial charge in [0.25, 0.3) is 11.5 Å². The van der Waals surface area contributed by atoms with Gasteiger partial charge >= 0.3 is 6.18 Å². The van der Waals surface area contributed by atoms with Crippen molar-refractivity contribution >= 4 is 22.2 Å². The molecule has 1 unspecified atom stereocenters. The summed E-state index contributed by atoms with van der Waals surface area (Å²) in [6.07, 6.45) is -2.19. The molecule has 0 aliphatic heterocycles. The van der Waals surface area contributed by atoms with Crippen molar-refractivity contribution in [3.8, 4) is 0 Å². The lowest BCUT2D eigenvalue weighted by Gasteiger charge is -2.21. The summed E-state index contributed by atoms with van der Waals surface area (Å²) in [5.74, 6) is -1.09. The Balaban J connectivity index is 1.95. The van der Waals surface area contributed by atoms with Crippen LogP contribution >= 0.6 is 11.3 Å². The van der Waals surface area contributed by atoms with E-state index < -0.39 is 30.1 Å². The van der Waals surface area contributed by atoms with Gasteiger partial charge in [-0.1, -0.05) is 13.0 Å². The predicted molar refractivity (Wildman–Crippen MR) is 94.0 cm³/mol. The summed E-state index contributed by atoms with van der Waals surface area (Å²) < 4.78 is 41.4. The van der Waals surface area contributed by atoms with Crippen LogP contribution in [0.4, 0.5) is 13.2 Å². The number of rotatable bonds is 5. The van der Waals surface area contributed by atoms with Crippen LogP contribution in [0, 0.1) is 0 Å². The van der Waals surface area contributed by atoms with E-state index in [4.69, 9.17) is 0 Å². The SMILES string of the molecule is CCc1nc2sccn2c(=O)c1C(=O)NC(Cc1ccccn1)C(F)(F)F. The minimum atomic E-state index is -4.70. The Labute approximate surface area is 155 Å². The third kappa shape index (κ3) is 4.00. The van der Waals surface area contributed by atoms with Crippen molar-refractivity contribution in [3.05, 3.63) is 63.3 Å². The van der Waals surface area contributed by atoms with E-state index in [1.54, 1.807) is 24.4 Å². The number of nitrogens with one attached hydrogen (secondary N) is 1. The number of amides is 1. The average Bonchev–Trinajstić information content (AvgIpc) is 3.10. The van der Waals surface area contributed by atoms with Gasteiger partial charge in [0.1, 0.15) is 11.6 Å². The fraction of sp³-hybridized carbons (Fsp3) is 0.294. The van der Waals surface area contributed by atoms with Gasteiger partial charge in [-0.2, -0.15) is 13.2 Å². The maximum atomic E-state index is 13.4.